The Kier molecular flexibility index (Phi) is 5.99. The Bertz CT molecular complexity index is 1180. The molecule has 2 N–H and O–H groups in total. The van der Waals surface area contributed by atoms with E-state index in [4.69, 9.17) is 9.31 Å². The number of aromatic nitrogens is 1. The quantitative estimate of drug-likeness (QED) is 0.566. The summed E-state index contributed by atoms with van der Waals surface area (Å²) in [6.07, 6.45) is 1.60. The van der Waals surface area contributed by atoms with Crippen LogP contribution in [0.4, 0.5) is 0 Å². The Labute approximate surface area is 193 Å². The zero-order chi connectivity index (χ0) is 23.8. The lowest BCUT2D eigenvalue weighted by Crippen LogP contribution is -2.42. The van der Waals surface area contributed by atoms with Gasteiger partial charge in [0.25, 0.3) is 5.91 Å². The van der Waals surface area contributed by atoms with Crippen molar-refractivity contribution in [2.24, 2.45) is 0 Å². The molecule has 8 heteroatoms. The molecule has 7 nitrogen and oxygen atoms in total. The van der Waals surface area contributed by atoms with Crippen LogP contribution in [0.3, 0.4) is 0 Å². The highest BCUT2D eigenvalue weighted by atomic mass is 16.7. The third-order valence-electron chi connectivity index (χ3n) is 6.40. The largest absolute Gasteiger partial charge is 0.494 e. The van der Waals surface area contributed by atoms with Gasteiger partial charge in [0, 0.05) is 18.0 Å². The van der Waals surface area contributed by atoms with E-state index in [0.29, 0.717) is 5.56 Å². The number of pyridine rings is 1. The number of hydrogen-bond acceptors (Lipinski definition) is 5. The minimum atomic E-state index is -1.10. The maximum Gasteiger partial charge on any atom is 0.494 e. The van der Waals surface area contributed by atoms with Crippen LogP contribution in [-0.4, -0.2) is 46.3 Å². The van der Waals surface area contributed by atoms with Crippen LogP contribution >= 0.6 is 0 Å². The van der Waals surface area contributed by atoms with E-state index < -0.39 is 36.2 Å². The molecule has 1 saturated heterocycles. The number of carboxylic acids is 1. The third kappa shape index (κ3) is 4.77. The topological polar surface area (TPSA) is 97.8 Å². The standard InChI is InChI=1S/C25H27BN2O5/c1-24(2)25(3,4)33-26(32-24)19-11-9-16(10-12-19)13-21(23(30)31)28-22(29)18-14-17-7-5-6-8-20(17)27-15-18/h5-12,14-15,21H,13H2,1-4H3,(H,28,29)(H,30,31)/t21-/m1/s1. The molecule has 1 aliphatic rings. The van der Waals surface area contributed by atoms with Crippen molar-refractivity contribution in [3.8, 4) is 0 Å². The number of aliphatic carboxylic acids is 1. The summed E-state index contributed by atoms with van der Waals surface area (Å²) in [7, 11) is -0.487. The molecule has 3 aromatic rings. The first-order valence-corrected chi connectivity index (χ1v) is 10.9. The van der Waals surface area contributed by atoms with E-state index in [9.17, 15) is 14.7 Å². The summed E-state index contributed by atoms with van der Waals surface area (Å²) >= 11 is 0. The minimum Gasteiger partial charge on any atom is -0.480 e. The zero-order valence-corrected chi connectivity index (χ0v) is 19.2. The molecule has 1 amide bonds. The lowest BCUT2D eigenvalue weighted by atomic mass is 9.78. The molecular formula is C25H27BN2O5. The van der Waals surface area contributed by atoms with E-state index in [1.54, 1.807) is 6.07 Å². The molecule has 0 radical (unpaired) electrons. The Morgan fingerprint density at radius 2 is 1.67 bits per heavy atom. The molecule has 0 bridgehead atoms. The Hall–Kier alpha value is -3.23. The molecule has 4 rings (SSSR count). The van der Waals surface area contributed by atoms with E-state index in [2.05, 4.69) is 10.3 Å². The van der Waals surface area contributed by atoms with Crippen molar-refractivity contribution in [2.75, 3.05) is 0 Å². The number of rotatable bonds is 6. The van der Waals surface area contributed by atoms with Crippen molar-refractivity contribution in [3.63, 3.8) is 0 Å². The van der Waals surface area contributed by atoms with Gasteiger partial charge in [-0.1, -0.05) is 42.5 Å². The summed E-state index contributed by atoms with van der Waals surface area (Å²) in [5, 5.41) is 13.1. The van der Waals surface area contributed by atoms with Gasteiger partial charge in [-0.3, -0.25) is 9.78 Å². The molecule has 0 spiro atoms. The predicted molar refractivity (Wildman–Crippen MR) is 126 cm³/mol. The number of para-hydroxylation sites is 1. The van der Waals surface area contributed by atoms with E-state index in [1.807, 2.05) is 76.2 Å². The van der Waals surface area contributed by atoms with Crippen LogP contribution in [0.5, 0.6) is 0 Å². The van der Waals surface area contributed by atoms with Gasteiger partial charge in [0.2, 0.25) is 0 Å². The highest BCUT2D eigenvalue weighted by molar-refractivity contribution is 6.62. The molecule has 170 valence electrons. The van der Waals surface area contributed by atoms with Gasteiger partial charge in [-0.2, -0.15) is 0 Å². The van der Waals surface area contributed by atoms with Crippen LogP contribution in [0.2, 0.25) is 0 Å². The number of amides is 1. The molecule has 0 unspecified atom stereocenters. The highest BCUT2D eigenvalue weighted by Crippen LogP contribution is 2.36. The lowest BCUT2D eigenvalue weighted by molar-refractivity contribution is -0.139. The summed E-state index contributed by atoms with van der Waals surface area (Å²) in [5.74, 6) is -1.58. The van der Waals surface area contributed by atoms with Crippen LogP contribution < -0.4 is 10.8 Å². The van der Waals surface area contributed by atoms with Crippen LogP contribution in [0.25, 0.3) is 10.9 Å². The molecule has 0 aliphatic carbocycles. The average molecular weight is 446 g/mol. The van der Waals surface area contributed by atoms with Crippen molar-refractivity contribution < 1.29 is 24.0 Å². The molecule has 1 atom stereocenters. The van der Waals surface area contributed by atoms with Gasteiger partial charge in [0.1, 0.15) is 6.04 Å². The molecule has 1 aromatic heterocycles. The maximum absolute atomic E-state index is 12.7. The first-order valence-electron chi connectivity index (χ1n) is 10.9. The number of fused-ring (bicyclic) bond motifs is 1. The highest BCUT2D eigenvalue weighted by Gasteiger charge is 2.51. The van der Waals surface area contributed by atoms with Crippen LogP contribution in [0.15, 0.2) is 60.8 Å². The fourth-order valence-electron chi connectivity index (χ4n) is 3.66. The number of nitrogens with zero attached hydrogens (tertiary/aromatic N) is 1. The smallest absolute Gasteiger partial charge is 0.480 e. The van der Waals surface area contributed by atoms with Gasteiger partial charge >= 0.3 is 13.1 Å². The van der Waals surface area contributed by atoms with Crippen LogP contribution in [0.1, 0.15) is 43.6 Å². The number of carbonyl (C=O) groups is 2. The van der Waals surface area contributed by atoms with E-state index >= 15 is 0 Å². The second kappa shape index (κ2) is 8.61. The number of carbonyl (C=O) groups excluding carboxylic acids is 1. The van der Waals surface area contributed by atoms with Crippen molar-refractivity contribution in [1.82, 2.24) is 10.3 Å². The molecule has 1 fully saturated rings. The Morgan fingerprint density at radius 3 is 2.30 bits per heavy atom. The SMILES string of the molecule is CC1(C)OB(c2ccc(C[C@@H](NC(=O)c3cnc4ccccc4c3)C(=O)O)cc2)OC1(C)C. The minimum absolute atomic E-state index is 0.145. The fraction of sp³-hybridized carbons (Fsp3) is 0.320. The summed E-state index contributed by atoms with van der Waals surface area (Å²) < 4.78 is 12.1. The summed E-state index contributed by atoms with van der Waals surface area (Å²) in [4.78, 5) is 28.8. The molecule has 0 saturated carbocycles. The van der Waals surface area contributed by atoms with Crippen LogP contribution in [-0.2, 0) is 20.5 Å². The molecule has 33 heavy (non-hydrogen) atoms. The second-order valence-electron chi connectivity index (χ2n) is 9.31. The molecular weight excluding hydrogens is 419 g/mol. The number of carboxylic acid groups (broad SMARTS) is 1. The zero-order valence-electron chi connectivity index (χ0n) is 19.2. The Balaban J connectivity index is 1.44. The number of hydrogen-bond donors (Lipinski definition) is 2. The molecule has 2 aromatic carbocycles. The van der Waals surface area contributed by atoms with Gasteiger partial charge in [0.15, 0.2) is 0 Å². The second-order valence-corrected chi connectivity index (χ2v) is 9.31. The Morgan fingerprint density at radius 1 is 1.03 bits per heavy atom. The average Bonchev–Trinajstić information content (AvgIpc) is 3.00. The van der Waals surface area contributed by atoms with E-state index in [0.717, 1.165) is 21.9 Å². The predicted octanol–water partition coefficient (Wildman–Crippen LogP) is 2.96. The number of benzene rings is 2. The third-order valence-corrected chi connectivity index (χ3v) is 6.40. The molecule has 2 heterocycles. The maximum atomic E-state index is 12.7. The molecule has 1 aliphatic heterocycles. The first kappa shape index (κ1) is 23.0. The normalized spacial score (nSPS) is 17.6. The van der Waals surface area contributed by atoms with Crippen molar-refractivity contribution in [3.05, 3.63) is 71.9 Å². The van der Waals surface area contributed by atoms with Crippen molar-refractivity contribution >= 4 is 35.4 Å². The van der Waals surface area contributed by atoms with Gasteiger partial charge < -0.3 is 19.7 Å². The summed E-state index contributed by atoms with van der Waals surface area (Å²) in [5.41, 5.74) is 1.84. The van der Waals surface area contributed by atoms with E-state index in [1.165, 1.54) is 6.20 Å². The van der Waals surface area contributed by atoms with Gasteiger partial charge in [-0.15, -0.1) is 0 Å². The van der Waals surface area contributed by atoms with Crippen molar-refractivity contribution in [1.29, 1.82) is 0 Å². The lowest BCUT2D eigenvalue weighted by Gasteiger charge is -2.32. The van der Waals surface area contributed by atoms with Gasteiger partial charge in [0.05, 0.1) is 22.3 Å². The number of nitrogens with one attached hydrogen (secondary N) is 1. The summed E-state index contributed by atoms with van der Waals surface area (Å²) in [6.45, 7) is 7.97. The van der Waals surface area contributed by atoms with Gasteiger partial charge in [-0.05, 0) is 50.9 Å². The van der Waals surface area contributed by atoms with Crippen molar-refractivity contribution in [2.45, 2.75) is 51.4 Å². The van der Waals surface area contributed by atoms with Crippen LogP contribution in [0, 0.1) is 0 Å². The van der Waals surface area contributed by atoms with Gasteiger partial charge in [-0.25, -0.2) is 4.79 Å². The first-order chi connectivity index (χ1) is 15.6. The summed E-state index contributed by atoms with van der Waals surface area (Å²) in [6, 6.07) is 15.5. The van der Waals surface area contributed by atoms with E-state index in [-0.39, 0.29) is 6.42 Å². The monoisotopic (exact) mass is 446 g/mol. The fourth-order valence-corrected chi connectivity index (χ4v) is 3.66.